The lowest BCUT2D eigenvalue weighted by Crippen LogP contribution is -2.59. The van der Waals surface area contributed by atoms with Gasteiger partial charge in [0, 0.05) is 6.42 Å². The van der Waals surface area contributed by atoms with E-state index in [1.54, 1.807) is 13.8 Å². The molecule has 0 aromatic rings. The average molecular weight is 462 g/mol. The summed E-state index contributed by atoms with van der Waals surface area (Å²) in [5, 5.41) is 34.2. The van der Waals surface area contributed by atoms with Gasteiger partial charge in [-0.2, -0.15) is 0 Å². The van der Waals surface area contributed by atoms with E-state index in [9.17, 15) is 29.1 Å². The molecule has 0 aromatic heterocycles. The molecule has 4 atom stereocenters. The fraction of sp³-hybridized carbons (Fsp3) is 0.737. The Bertz CT molecular complexity index is 658. The minimum atomic E-state index is -1.52. The second-order valence-corrected chi connectivity index (χ2v) is 7.70. The van der Waals surface area contributed by atoms with E-state index in [0.717, 1.165) is 0 Å². The molecule has 0 spiro atoms. The van der Waals surface area contributed by atoms with Crippen molar-refractivity contribution in [2.45, 2.75) is 70.1 Å². The topological polar surface area (TPSA) is 234 Å². The molecule has 3 amide bonds. The normalized spacial score (nSPS) is 14.7. The molecule has 0 aliphatic rings. The van der Waals surface area contributed by atoms with Crippen LogP contribution >= 0.6 is 0 Å². The first-order chi connectivity index (χ1) is 14.9. The molecule has 0 saturated heterocycles. The molecule has 0 rings (SSSR count). The first kappa shape index (κ1) is 29.2. The van der Waals surface area contributed by atoms with Crippen molar-refractivity contribution >= 4 is 29.7 Å². The minimum Gasteiger partial charge on any atom is -0.481 e. The highest BCUT2D eigenvalue weighted by atomic mass is 16.4. The fourth-order valence-corrected chi connectivity index (χ4v) is 2.69. The molecule has 0 saturated carbocycles. The van der Waals surface area contributed by atoms with Gasteiger partial charge in [0.05, 0.1) is 12.6 Å². The number of rotatable bonds is 16. The molecule has 13 nitrogen and oxygen atoms in total. The lowest BCUT2D eigenvalue weighted by Gasteiger charge is -2.26. The number of carboxylic acid groups (broad SMARTS) is 2. The van der Waals surface area contributed by atoms with Gasteiger partial charge < -0.3 is 42.7 Å². The Kier molecular flexibility index (Phi) is 13.8. The zero-order valence-corrected chi connectivity index (χ0v) is 18.4. The van der Waals surface area contributed by atoms with Crippen LogP contribution in [0.25, 0.3) is 0 Å². The van der Waals surface area contributed by atoms with Gasteiger partial charge in [0.15, 0.2) is 0 Å². The molecular formula is C19H35N5O8. The number of hydrogen-bond donors (Lipinski definition) is 8. The van der Waals surface area contributed by atoms with Crippen molar-refractivity contribution in [1.29, 1.82) is 0 Å². The van der Waals surface area contributed by atoms with Crippen molar-refractivity contribution in [3.8, 4) is 0 Å². The van der Waals surface area contributed by atoms with Crippen molar-refractivity contribution in [3.63, 3.8) is 0 Å². The van der Waals surface area contributed by atoms with Gasteiger partial charge in [-0.25, -0.2) is 4.79 Å². The minimum absolute atomic E-state index is 0.379. The second-order valence-electron chi connectivity index (χ2n) is 7.70. The molecule has 0 fully saturated rings. The van der Waals surface area contributed by atoms with E-state index >= 15 is 0 Å². The molecule has 13 heteroatoms. The number of aliphatic hydroxyl groups excluding tert-OH is 1. The summed E-state index contributed by atoms with van der Waals surface area (Å²) < 4.78 is 0. The fourth-order valence-electron chi connectivity index (χ4n) is 2.69. The number of nitrogens with two attached hydrogens (primary N) is 2. The van der Waals surface area contributed by atoms with Gasteiger partial charge in [-0.05, 0) is 31.7 Å². The maximum absolute atomic E-state index is 12.6. The average Bonchev–Trinajstić information content (AvgIpc) is 2.71. The Labute approximate surface area is 186 Å². The summed E-state index contributed by atoms with van der Waals surface area (Å²) in [6.07, 6.45) is 0.842. The third-order valence-corrected chi connectivity index (χ3v) is 4.63. The molecule has 0 aromatic carbocycles. The van der Waals surface area contributed by atoms with Crippen molar-refractivity contribution in [2.24, 2.45) is 17.4 Å². The standard InChI is InChI=1S/C19H35N5O8/c1-10(2)15(24-16(28)11(21)5-3-4-8-20)18(30)23-13(9-25)17(29)22-12(19(31)32)6-7-14(26)27/h10-13,15,25H,3-9,20-21H2,1-2H3,(H,22,29)(H,23,30)(H,24,28)(H,26,27)(H,31,32). The molecule has 0 radical (unpaired) electrons. The zero-order valence-electron chi connectivity index (χ0n) is 18.4. The maximum Gasteiger partial charge on any atom is 0.326 e. The summed E-state index contributed by atoms with van der Waals surface area (Å²) in [5.41, 5.74) is 11.2. The number of carbonyl (C=O) groups is 5. The largest absolute Gasteiger partial charge is 0.481 e. The summed E-state index contributed by atoms with van der Waals surface area (Å²) in [6, 6.07) is -4.94. The molecule has 0 aliphatic heterocycles. The number of amides is 3. The van der Waals surface area contributed by atoms with E-state index in [-0.39, 0.29) is 12.3 Å². The van der Waals surface area contributed by atoms with Gasteiger partial charge in [0.25, 0.3) is 0 Å². The van der Waals surface area contributed by atoms with Crippen LogP contribution in [0.4, 0.5) is 0 Å². The van der Waals surface area contributed by atoms with E-state index in [4.69, 9.17) is 21.7 Å². The van der Waals surface area contributed by atoms with Crippen LogP contribution in [0.2, 0.25) is 0 Å². The third kappa shape index (κ3) is 11.0. The number of aliphatic hydroxyl groups is 1. The molecule has 0 heterocycles. The van der Waals surface area contributed by atoms with Gasteiger partial charge in [-0.3, -0.25) is 19.2 Å². The van der Waals surface area contributed by atoms with E-state index in [1.165, 1.54) is 0 Å². The van der Waals surface area contributed by atoms with E-state index < -0.39 is 66.9 Å². The molecule has 184 valence electrons. The Morgan fingerprint density at radius 3 is 1.91 bits per heavy atom. The molecular weight excluding hydrogens is 426 g/mol. The number of hydrogen-bond acceptors (Lipinski definition) is 8. The monoisotopic (exact) mass is 461 g/mol. The lowest BCUT2D eigenvalue weighted by atomic mass is 10.0. The van der Waals surface area contributed by atoms with Crippen molar-refractivity contribution in [3.05, 3.63) is 0 Å². The number of carbonyl (C=O) groups excluding carboxylic acids is 3. The summed E-state index contributed by atoms with van der Waals surface area (Å²) in [5.74, 6) is -5.42. The van der Waals surface area contributed by atoms with Crippen LogP contribution in [0.15, 0.2) is 0 Å². The maximum atomic E-state index is 12.6. The van der Waals surface area contributed by atoms with Crippen molar-refractivity contribution in [2.75, 3.05) is 13.2 Å². The Hall–Kier alpha value is -2.77. The van der Waals surface area contributed by atoms with Gasteiger partial charge in [-0.1, -0.05) is 20.3 Å². The number of carboxylic acids is 2. The lowest BCUT2D eigenvalue weighted by molar-refractivity contribution is -0.143. The molecule has 32 heavy (non-hydrogen) atoms. The summed E-state index contributed by atoms with van der Waals surface area (Å²) in [6.45, 7) is 2.94. The highest BCUT2D eigenvalue weighted by Crippen LogP contribution is 2.06. The first-order valence-electron chi connectivity index (χ1n) is 10.4. The van der Waals surface area contributed by atoms with Crippen LogP contribution in [0.1, 0.15) is 46.0 Å². The van der Waals surface area contributed by atoms with Crippen molar-refractivity contribution < 1.29 is 39.3 Å². The predicted octanol–water partition coefficient (Wildman–Crippen LogP) is -2.51. The molecule has 0 aliphatic carbocycles. The number of nitrogens with one attached hydrogen (secondary N) is 3. The number of unbranched alkanes of at least 4 members (excludes halogenated alkanes) is 1. The van der Waals surface area contributed by atoms with Crippen molar-refractivity contribution in [1.82, 2.24) is 16.0 Å². The molecule has 4 unspecified atom stereocenters. The van der Waals surface area contributed by atoms with E-state index in [2.05, 4.69) is 16.0 Å². The van der Waals surface area contributed by atoms with Crippen LogP contribution in [-0.4, -0.2) is 82.3 Å². The highest BCUT2D eigenvalue weighted by molar-refractivity contribution is 5.94. The summed E-state index contributed by atoms with van der Waals surface area (Å²) in [4.78, 5) is 59.2. The summed E-state index contributed by atoms with van der Waals surface area (Å²) in [7, 11) is 0. The Morgan fingerprint density at radius 1 is 0.844 bits per heavy atom. The Balaban J connectivity index is 5.08. The van der Waals surface area contributed by atoms with Gasteiger partial charge in [-0.15, -0.1) is 0 Å². The zero-order chi connectivity index (χ0) is 24.8. The molecule has 0 bridgehead atoms. The van der Waals surface area contributed by atoms with Crippen LogP contribution in [0.3, 0.4) is 0 Å². The quantitative estimate of drug-likeness (QED) is 0.112. The highest BCUT2D eigenvalue weighted by Gasteiger charge is 2.31. The summed E-state index contributed by atoms with van der Waals surface area (Å²) >= 11 is 0. The second kappa shape index (κ2) is 15.1. The van der Waals surface area contributed by atoms with Gasteiger partial charge in [0.2, 0.25) is 17.7 Å². The SMILES string of the molecule is CC(C)C(NC(=O)C(N)CCCCN)C(=O)NC(CO)C(=O)NC(CCC(=O)O)C(=O)O. The first-order valence-corrected chi connectivity index (χ1v) is 10.4. The van der Waals surface area contributed by atoms with Gasteiger partial charge in [0.1, 0.15) is 18.1 Å². The van der Waals surface area contributed by atoms with Crippen LogP contribution in [0, 0.1) is 5.92 Å². The predicted molar refractivity (Wildman–Crippen MR) is 113 cm³/mol. The van der Waals surface area contributed by atoms with Crippen LogP contribution < -0.4 is 27.4 Å². The third-order valence-electron chi connectivity index (χ3n) is 4.63. The van der Waals surface area contributed by atoms with E-state index in [1.807, 2.05) is 0 Å². The van der Waals surface area contributed by atoms with Gasteiger partial charge >= 0.3 is 11.9 Å². The number of aliphatic carboxylic acids is 2. The smallest absolute Gasteiger partial charge is 0.326 e. The van der Waals surface area contributed by atoms with Crippen LogP contribution in [-0.2, 0) is 24.0 Å². The van der Waals surface area contributed by atoms with E-state index in [0.29, 0.717) is 25.8 Å². The molecule has 10 N–H and O–H groups in total. The Morgan fingerprint density at radius 2 is 1.44 bits per heavy atom. The van der Waals surface area contributed by atoms with Crippen LogP contribution in [0.5, 0.6) is 0 Å².